The SMILES string of the molecule is CC(C)n1ccc2c(N3CCC(=O)NC3=O)cc(C(=O)N3CCC4(CCN(C(=O)OC(C)(C)C)CC4)C3)cc21. The highest BCUT2D eigenvalue weighted by Crippen LogP contribution is 2.41. The van der Waals surface area contributed by atoms with E-state index < -0.39 is 11.6 Å². The van der Waals surface area contributed by atoms with E-state index in [4.69, 9.17) is 4.74 Å². The molecule has 1 aromatic carbocycles. The van der Waals surface area contributed by atoms with Gasteiger partial charge in [0.1, 0.15) is 5.60 Å². The van der Waals surface area contributed by atoms with Gasteiger partial charge in [-0.1, -0.05) is 0 Å². The zero-order chi connectivity index (χ0) is 28.1. The number of carbonyl (C=O) groups is 4. The average molecular weight is 538 g/mol. The van der Waals surface area contributed by atoms with Crippen LogP contribution in [0.5, 0.6) is 0 Å². The predicted molar refractivity (Wildman–Crippen MR) is 148 cm³/mol. The van der Waals surface area contributed by atoms with Crippen LogP contribution in [-0.2, 0) is 9.53 Å². The topological polar surface area (TPSA) is 104 Å². The highest BCUT2D eigenvalue weighted by Gasteiger charge is 2.43. The van der Waals surface area contributed by atoms with Crippen LogP contribution in [0.25, 0.3) is 10.9 Å². The molecule has 10 nitrogen and oxygen atoms in total. The first-order valence-corrected chi connectivity index (χ1v) is 13.9. The number of amides is 5. The van der Waals surface area contributed by atoms with E-state index in [-0.39, 0.29) is 42.3 Å². The van der Waals surface area contributed by atoms with Crippen molar-refractivity contribution in [1.82, 2.24) is 19.7 Å². The summed E-state index contributed by atoms with van der Waals surface area (Å²) >= 11 is 0. The number of nitrogens with zero attached hydrogens (tertiary/aromatic N) is 4. The highest BCUT2D eigenvalue weighted by molar-refractivity contribution is 6.11. The lowest BCUT2D eigenvalue weighted by Gasteiger charge is -2.39. The van der Waals surface area contributed by atoms with Gasteiger partial charge in [-0.15, -0.1) is 0 Å². The van der Waals surface area contributed by atoms with Gasteiger partial charge < -0.3 is 19.1 Å². The zero-order valence-corrected chi connectivity index (χ0v) is 23.6. The van der Waals surface area contributed by atoms with Crippen molar-refractivity contribution >= 4 is 40.5 Å². The summed E-state index contributed by atoms with van der Waals surface area (Å²) in [6.07, 6.45) is 4.47. The van der Waals surface area contributed by atoms with Crippen LogP contribution in [0.2, 0.25) is 0 Å². The van der Waals surface area contributed by atoms with Gasteiger partial charge in [0.2, 0.25) is 5.91 Å². The molecule has 3 aliphatic rings. The largest absolute Gasteiger partial charge is 0.444 e. The molecular formula is C29H39N5O5. The maximum absolute atomic E-state index is 13.9. The van der Waals surface area contributed by atoms with Crippen LogP contribution in [0, 0.1) is 5.41 Å². The van der Waals surface area contributed by atoms with Crippen LogP contribution in [0.1, 0.15) is 76.7 Å². The molecule has 3 saturated heterocycles. The van der Waals surface area contributed by atoms with Crippen LogP contribution in [-0.4, -0.2) is 76.6 Å². The Labute approximate surface area is 229 Å². The van der Waals surface area contributed by atoms with Crippen LogP contribution in [0.15, 0.2) is 24.4 Å². The van der Waals surface area contributed by atoms with Gasteiger partial charge in [-0.3, -0.25) is 19.8 Å². The second-order valence-electron chi connectivity index (χ2n) is 12.4. The number of likely N-dealkylation sites (tertiary alicyclic amines) is 2. The lowest BCUT2D eigenvalue weighted by molar-refractivity contribution is -0.120. The van der Waals surface area contributed by atoms with E-state index in [9.17, 15) is 19.2 Å². The number of anilines is 1. The number of hydrogen-bond acceptors (Lipinski definition) is 5. The van der Waals surface area contributed by atoms with Crippen molar-refractivity contribution in [3.8, 4) is 0 Å². The number of benzene rings is 1. The van der Waals surface area contributed by atoms with Gasteiger partial charge in [-0.05, 0) is 77.5 Å². The maximum Gasteiger partial charge on any atom is 0.410 e. The predicted octanol–water partition coefficient (Wildman–Crippen LogP) is 4.53. The Bertz CT molecular complexity index is 1320. The van der Waals surface area contributed by atoms with Gasteiger partial charge >= 0.3 is 12.1 Å². The first-order chi connectivity index (χ1) is 18.4. The highest BCUT2D eigenvalue weighted by atomic mass is 16.6. The molecule has 210 valence electrons. The summed E-state index contributed by atoms with van der Waals surface area (Å²) in [5.74, 6) is -0.353. The minimum absolute atomic E-state index is 0.00757. The van der Waals surface area contributed by atoms with E-state index in [1.165, 1.54) is 0 Å². The van der Waals surface area contributed by atoms with Gasteiger partial charge in [0, 0.05) is 62.3 Å². The van der Waals surface area contributed by atoms with Gasteiger partial charge in [0.15, 0.2) is 0 Å². The average Bonchev–Trinajstić information content (AvgIpc) is 3.47. The van der Waals surface area contributed by atoms with E-state index in [2.05, 4.69) is 23.7 Å². The second-order valence-corrected chi connectivity index (χ2v) is 12.4. The van der Waals surface area contributed by atoms with Crippen molar-refractivity contribution in [1.29, 1.82) is 0 Å². The first kappa shape index (κ1) is 27.0. The minimum Gasteiger partial charge on any atom is -0.444 e. The van der Waals surface area contributed by atoms with Crippen molar-refractivity contribution in [3.05, 3.63) is 30.0 Å². The standard InChI is InChI=1S/C29H39N5O5/c1-19(2)33-11-6-21-22(33)16-20(17-23(21)34-12-7-24(35)30-26(34)37)25(36)32-15-10-29(18-32)8-13-31(14-9-29)27(38)39-28(3,4)5/h6,11,16-17,19H,7-10,12-15,18H2,1-5H3,(H,30,35,37). The lowest BCUT2D eigenvalue weighted by atomic mass is 9.78. The maximum atomic E-state index is 13.9. The Morgan fingerprint density at radius 2 is 1.67 bits per heavy atom. The van der Waals surface area contributed by atoms with Gasteiger partial charge in [0.25, 0.3) is 5.91 Å². The molecule has 5 amide bonds. The molecule has 0 aliphatic carbocycles. The number of fused-ring (bicyclic) bond motifs is 1. The van der Waals surface area contributed by atoms with Crippen LogP contribution in [0.4, 0.5) is 15.3 Å². The molecule has 4 heterocycles. The van der Waals surface area contributed by atoms with Crippen molar-refractivity contribution in [2.24, 2.45) is 5.41 Å². The summed E-state index contributed by atoms with van der Waals surface area (Å²) < 4.78 is 7.64. The van der Waals surface area contributed by atoms with Crippen molar-refractivity contribution < 1.29 is 23.9 Å². The number of imide groups is 1. The van der Waals surface area contributed by atoms with E-state index in [1.54, 1.807) is 15.9 Å². The van der Waals surface area contributed by atoms with E-state index in [0.29, 0.717) is 37.4 Å². The molecule has 2 aromatic rings. The molecule has 0 saturated carbocycles. The molecule has 1 N–H and O–H groups in total. The smallest absolute Gasteiger partial charge is 0.410 e. The summed E-state index contributed by atoms with van der Waals surface area (Å²) in [5.41, 5.74) is 1.52. The van der Waals surface area contributed by atoms with Crippen molar-refractivity contribution in [2.45, 2.75) is 71.9 Å². The molecule has 0 unspecified atom stereocenters. The summed E-state index contributed by atoms with van der Waals surface area (Å²) in [4.78, 5) is 56.2. The second kappa shape index (κ2) is 9.88. The third kappa shape index (κ3) is 5.33. The summed E-state index contributed by atoms with van der Waals surface area (Å²) in [6.45, 7) is 12.6. The Kier molecular flexibility index (Phi) is 6.84. The summed E-state index contributed by atoms with van der Waals surface area (Å²) in [6, 6.07) is 5.38. The Morgan fingerprint density at radius 3 is 2.28 bits per heavy atom. The third-order valence-electron chi connectivity index (χ3n) is 8.17. The molecular weight excluding hydrogens is 498 g/mol. The Morgan fingerprint density at radius 1 is 1.00 bits per heavy atom. The number of aromatic nitrogens is 1. The molecule has 1 spiro atoms. The normalized spacial score (nSPS) is 19.8. The first-order valence-electron chi connectivity index (χ1n) is 13.9. The van der Waals surface area contributed by atoms with Gasteiger partial charge in [-0.25, -0.2) is 9.59 Å². The number of nitrogens with one attached hydrogen (secondary N) is 1. The van der Waals surface area contributed by atoms with Gasteiger partial charge in [0.05, 0.1) is 11.2 Å². The molecule has 0 radical (unpaired) electrons. The third-order valence-corrected chi connectivity index (χ3v) is 8.17. The molecule has 3 aliphatic heterocycles. The van der Waals surface area contributed by atoms with Crippen LogP contribution >= 0.6 is 0 Å². The molecule has 10 heteroatoms. The fourth-order valence-electron chi connectivity index (χ4n) is 6.02. The fourth-order valence-corrected chi connectivity index (χ4v) is 6.02. The van der Waals surface area contributed by atoms with Crippen LogP contribution in [0.3, 0.4) is 0 Å². The molecule has 1 aromatic heterocycles. The number of ether oxygens (including phenoxy) is 1. The van der Waals surface area contributed by atoms with Gasteiger partial charge in [-0.2, -0.15) is 0 Å². The Balaban J connectivity index is 1.37. The number of rotatable bonds is 3. The number of piperidine rings is 1. The number of urea groups is 1. The molecule has 5 rings (SSSR count). The summed E-state index contributed by atoms with van der Waals surface area (Å²) in [5, 5.41) is 3.27. The lowest BCUT2D eigenvalue weighted by Crippen LogP contribution is -2.49. The minimum atomic E-state index is -0.525. The van der Waals surface area contributed by atoms with E-state index in [0.717, 1.165) is 30.2 Å². The summed E-state index contributed by atoms with van der Waals surface area (Å²) in [7, 11) is 0. The molecule has 3 fully saturated rings. The Hall–Kier alpha value is -3.56. The molecule has 0 atom stereocenters. The monoisotopic (exact) mass is 537 g/mol. The number of hydrogen-bond donors (Lipinski definition) is 1. The fraction of sp³-hybridized carbons (Fsp3) is 0.586. The van der Waals surface area contributed by atoms with E-state index >= 15 is 0 Å². The zero-order valence-electron chi connectivity index (χ0n) is 23.6. The van der Waals surface area contributed by atoms with Crippen LogP contribution < -0.4 is 10.2 Å². The number of carbonyl (C=O) groups excluding carboxylic acids is 4. The van der Waals surface area contributed by atoms with Crippen molar-refractivity contribution in [3.63, 3.8) is 0 Å². The molecule has 0 bridgehead atoms. The quantitative estimate of drug-likeness (QED) is 0.620. The van der Waals surface area contributed by atoms with E-state index in [1.807, 2.05) is 44.0 Å². The molecule has 39 heavy (non-hydrogen) atoms. The van der Waals surface area contributed by atoms with Crippen molar-refractivity contribution in [2.75, 3.05) is 37.6 Å².